The second-order valence-electron chi connectivity index (χ2n) is 7.88. The van der Waals surface area contributed by atoms with Gasteiger partial charge in [0.25, 0.3) is 0 Å². The van der Waals surface area contributed by atoms with Crippen LogP contribution in [0.5, 0.6) is 0 Å². The SMILES string of the molecule is C[C@@]12CC=C[C@H]1[C@@H]1C=CC3=CC(=O)CC[C@]3(C)[C@H]1CC2. The zero-order valence-corrected chi connectivity index (χ0v) is 12.6. The first-order valence-electron chi connectivity index (χ1n) is 8.13. The number of carbonyl (C=O) groups excluding carboxylic acids is 1. The van der Waals surface area contributed by atoms with Gasteiger partial charge in [-0.2, -0.15) is 0 Å². The van der Waals surface area contributed by atoms with Gasteiger partial charge in [-0.05, 0) is 65.9 Å². The molecular weight excluding hydrogens is 244 g/mol. The smallest absolute Gasteiger partial charge is 0.156 e. The van der Waals surface area contributed by atoms with Crippen LogP contribution in [-0.2, 0) is 4.79 Å². The van der Waals surface area contributed by atoms with E-state index in [-0.39, 0.29) is 5.41 Å². The summed E-state index contributed by atoms with van der Waals surface area (Å²) in [6.07, 6.45) is 17.2. The van der Waals surface area contributed by atoms with Crippen molar-refractivity contribution in [2.75, 3.05) is 0 Å². The number of hydrogen-bond donors (Lipinski definition) is 0. The third-order valence-corrected chi connectivity index (χ3v) is 6.82. The van der Waals surface area contributed by atoms with Gasteiger partial charge >= 0.3 is 0 Å². The van der Waals surface area contributed by atoms with E-state index < -0.39 is 0 Å². The van der Waals surface area contributed by atoms with E-state index in [0.717, 1.165) is 18.8 Å². The Morgan fingerprint density at radius 3 is 2.90 bits per heavy atom. The van der Waals surface area contributed by atoms with E-state index in [1.54, 1.807) is 0 Å². The fraction of sp³-hybridized carbons (Fsp3) is 0.632. The Morgan fingerprint density at radius 2 is 2.05 bits per heavy atom. The highest BCUT2D eigenvalue weighted by molar-refractivity contribution is 5.92. The average Bonchev–Trinajstić information content (AvgIpc) is 2.81. The highest BCUT2D eigenvalue weighted by Gasteiger charge is 2.53. The number of hydrogen-bond acceptors (Lipinski definition) is 1. The predicted molar refractivity (Wildman–Crippen MR) is 81.1 cm³/mol. The molecule has 4 aliphatic rings. The van der Waals surface area contributed by atoms with Gasteiger partial charge in [-0.3, -0.25) is 4.79 Å². The summed E-state index contributed by atoms with van der Waals surface area (Å²) in [7, 11) is 0. The lowest BCUT2D eigenvalue weighted by Crippen LogP contribution is -2.47. The van der Waals surface area contributed by atoms with E-state index in [4.69, 9.17) is 0 Å². The van der Waals surface area contributed by atoms with Crippen molar-refractivity contribution in [1.29, 1.82) is 0 Å². The molecule has 0 saturated heterocycles. The Hall–Kier alpha value is -1.11. The van der Waals surface area contributed by atoms with Crippen molar-refractivity contribution in [3.05, 3.63) is 36.0 Å². The summed E-state index contributed by atoms with van der Waals surface area (Å²) in [5, 5.41) is 0. The van der Waals surface area contributed by atoms with Gasteiger partial charge in [0.15, 0.2) is 5.78 Å². The molecule has 1 heteroatoms. The minimum atomic E-state index is 0.241. The van der Waals surface area contributed by atoms with Gasteiger partial charge in [-0.15, -0.1) is 0 Å². The van der Waals surface area contributed by atoms with Crippen LogP contribution in [0.4, 0.5) is 0 Å². The zero-order valence-electron chi connectivity index (χ0n) is 12.6. The summed E-state index contributed by atoms with van der Waals surface area (Å²) >= 11 is 0. The summed E-state index contributed by atoms with van der Waals surface area (Å²) in [6, 6.07) is 0. The lowest BCUT2D eigenvalue weighted by Gasteiger charge is -2.54. The fourth-order valence-electron chi connectivity index (χ4n) is 5.43. The van der Waals surface area contributed by atoms with Crippen molar-refractivity contribution in [2.45, 2.75) is 46.0 Å². The highest BCUT2D eigenvalue weighted by Crippen LogP contribution is 2.61. The molecule has 0 bridgehead atoms. The molecule has 0 unspecified atom stereocenters. The van der Waals surface area contributed by atoms with Crippen LogP contribution in [0.25, 0.3) is 0 Å². The summed E-state index contributed by atoms with van der Waals surface area (Å²) in [5.41, 5.74) is 2.04. The first kappa shape index (κ1) is 12.6. The molecule has 1 fully saturated rings. The molecule has 0 aliphatic heterocycles. The highest BCUT2D eigenvalue weighted by atomic mass is 16.1. The molecular formula is C19H24O. The van der Waals surface area contributed by atoms with E-state index in [9.17, 15) is 4.79 Å². The van der Waals surface area contributed by atoms with E-state index in [0.29, 0.717) is 23.0 Å². The molecule has 20 heavy (non-hydrogen) atoms. The normalized spacial score (nSPS) is 49.4. The van der Waals surface area contributed by atoms with Crippen molar-refractivity contribution in [2.24, 2.45) is 28.6 Å². The lowest BCUT2D eigenvalue weighted by molar-refractivity contribution is -0.116. The Kier molecular flexibility index (Phi) is 2.50. The average molecular weight is 268 g/mol. The number of fused-ring (bicyclic) bond motifs is 5. The molecule has 0 heterocycles. The summed E-state index contributed by atoms with van der Waals surface area (Å²) in [6.45, 7) is 4.88. The van der Waals surface area contributed by atoms with Crippen molar-refractivity contribution in [3.8, 4) is 0 Å². The third kappa shape index (κ3) is 1.52. The molecule has 1 saturated carbocycles. The molecule has 0 aromatic heterocycles. The Bertz CT molecular complexity index is 552. The van der Waals surface area contributed by atoms with Crippen molar-refractivity contribution >= 4 is 5.78 Å². The van der Waals surface area contributed by atoms with Crippen LogP contribution in [0, 0.1) is 28.6 Å². The summed E-state index contributed by atoms with van der Waals surface area (Å²) in [4.78, 5) is 11.7. The van der Waals surface area contributed by atoms with Crippen LogP contribution >= 0.6 is 0 Å². The van der Waals surface area contributed by atoms with Gasteiger partial charge < -0.3 is 0 Å². The molecule has 5 atom stereocenters. The number of allylic oxidation sites excluding steroid dienone is 6. The van der Waals surface area contributed by atoms with Gasteiger partial charge in [0.05, 0.1) is 0 Å². The van der Waals surface area contributed by atoms with Gasteiger partial charge in [-0.1, -0.05) is 38.2 Å². The molecule has 0 spiro atoms. The largest absolute Gasteiger partial charge is 0.295 e. The van der Waals surface area contributed by atoms with Crippen LogP contribution in [0.3, 0.4) is 0 Å². The van der Waals surface area contributed by atoms with Crippen molar-refractivity contribution in [3.63, 3.8) is 0 Å². The van der Waals surface area contributed by atoms with E-state index in [1.807, 2.05) is 6.08 Å². The van der Waals surface area contributed by atoms with Gasteiger partial charge in [0.1, 0.15) is 0 Å². The third-order valence-electron chi connectivity index (χ3n) is 6.82. The van der Waals surface area contributed by atoms with Crippen LogP contribution in [0.15, 0.2) is 36.0 Å². The Balaban J connectivity index is 1.78. The van der Waals surface area contributed by atoms with E-state index >= 15 is 0 Å². The van der Waals surface area contributed by atoms with Gasteiger partial charge in [0, 0.05) is 6.42 Å². The van der Waals surface area contributed by atoms with Crippen LogP contribution in [0.1, 0.15) is 46.0 Å². The van der Waals surface area contributed by atoms with Crippen LogP contribution in [0.2, 0.25) is 0 Å². The second kappa shape index (κ2) is 3.96. The molecule has 0 radical (unpaired) electrons. The molecule has 106 valence electrons. The first-order valence-corrected chi connectivity index (χ1v) is 8.13. The molecule has 0 aromatic carbocycles. The van der Waals surface area contributed by atoms with E-state index in [1.165, 1.54) is 24.8 Å². The maximum atomic E-state index is 11.7. The minimum absolute atomic E-state index is 0.241. The van der Waals surface area contributed by atoms with Crippen molar-refractivity contribution in [1.82, 2.24) is 0 Å². The summed E-state index contributed by atoms with van der Waals surface area (Å²) < 4.78 is 0. The molecule has 0 N–H and O–H groups in total. The first-order chi connectivity index (χ1) is 9.53. The number of carbonyl (C=O) groups is 1. The topological polar surface area (TPSA) is 17.1 Å². The number of rotatable bonds is 0. The Labute approximate surface area is 121 Å². The minimum Gasteiger partial charge on any atom is -0.295 e. The maximum Gasteiger partial charge on any atom is 0.156 e. The summed E-state index contributed by atoms with van der Waals surface area (Å²) in [5.74, 6) is 2.45. The van der Waals surface area contributed by atoms with E-state index in [2.05, 4.69) is 38.2 Å². The monoisotopic (exact) mass is 268 g/mol. The van der Waals surface area contributed by atoms with Crippen LogP contribution in [-0.4, -0.2) is 5.78 Å². The molecule has 1 nitrogen and oxygen atoms in total. The van der Waals surface area contributed by atoms with Crippen LogP contribution < -0.4 is 0 Å². The quantitative estimate of drug-likeness (QED) is 0.593. The van der Waals surface area contributed by atoms with Gasteiger partial charge in [-0.25, -0.2) is 0 Å². The molecule has 0 amide bonds. The second-order valence-corrected chi connectivity index (χ2v) is 7.88. The molecule has 0 aromatic rings. The van der Waals surface area contributed by atoms with Gasteiger partial charge in [0.2, 0.25) is 0 Å². The number of ketones is 1. The zero-order chi connectivity index (χ0) is 14.0. The Morgan fingerprint density at radius 1 is 1.20 bits per heavy atom. The fourth-order valence-corrected chi connectivity index (χ4v) is 5.43. The standard InChI is InChI=1S/C19H24O/c1-18-9-3-4-16(18)15-6-5-13-12-14(20)7-11-19(13,2)17(15)8-10-18/h3-6,12,15-17H,7-11H2,1-2H3/t15-,16-,17-,18-,19-/m0/s1. The molecule has 4 rings (SSSR count). The van der Waals surface area contributed by atoms with Crippen molar-refractivity contribution < 1.29 is 4.79 Å². The molecule has 4 aliphatic carbocycles. The predicted octanol–water partition coefficient (Wildman–Crippen LogP) is 4.46. The lowest BCUT2D eigenvalue weighted by atomic mass is 9.49. The maximum absolute atomic E-state index is 11.7.